The summed E-state index contributed by atoms with van der Waals surface area (Å²) in [6.07, 6.45) is 3.74. The molecule has 1 aliphatic rings. The van der Waals surface area contributed by atoms with Crippen LogP contribution in [0.15, 0.2) is 24.4 Å². The summed E-state index contributed by atoms with van der Waals surface area (Å²) in [5.74, 6) is 0.221. The van der Waals surface area contributed by atoms with Gasteiger partial charge in [-0.3, -0.25) is 9.78 Å². The number of aromatic nitrogens is 1. The van der Waals surface area contributed by atoms with Gasteiger partial charge in [0, 0.05) is 36.8 Å². The Morgan fingerprint density at radius 1 is 1.55 bits per heavy atom. The summed E-state index contributed by atoms with van der Waals surface area (Å²) >= 11 is 6.32. The number of carbonyl (C=O) groups is 1. The predicted molar refractivity (Wildman–Crippen MR) is 88.8 cm³/mol. The number of anilines is 1. The van der Waals surface area contributed by atoms with E-state index in [0.29, 0.717) is 10.6 Å². The maximum Gasteiger partial charge on any atom is 0.162 e. The molecular weight excluding hydrogens is 300 g/mol. The molecule has 5 heteroatoms. The van der Waals surface area contributed by atoms with Crippen LogP contribution in [0.4, 0.5) is 5.69 Å². The number of aliphatic hydroxyl groups is 1. The molecule has 3 rings (SSSR count). The molecule has 4 nitrogen and oxygen atoms in total. The van der Waals surface area contributed by atoms with Gasteiger partial charge in [-0.15, -0.1) is 0 Å². The van der Waals surface area contributed by atoms with E-state index in [1.165, 1.54) is 0 Å². The molecule has 1 unspecified atom stereocenters. The molecule has 1 aromatic heterocycles. The van der Waals surface area contributed by atoms with E-state index in [1.807, 2.05) is 12.1 Å². The minimum absolute atomic E-state index is 0.0180. The lowest BCUT2D eigenvalue weighted by Gasteiger charge is -2.35. The first-order chi connectivity index (χ1) is 10.6. The van der Waals surface area contributed by atoms with Crippen LogP contribution in [-0.2, 0) is 0 Å². The van der Waals surface area contributed by atoms with Crippen molar-refractivity contribution < 1.29 is 9.90 Å². The number of aliphatic hydroxyl groups excluding tert-OH is 1. The molecule has 0 aliphatic carbocycles. The monoisotopic (exact) mass is 318 g/mol. The van der Waals surface area contributed by atoms with Crippen LogP contribution in [0.3, 0.4) is 0 Å². The number of halogens is 1. The topological polar surface area (TPSA) is 53.4 Å². The standard InChI is InChI=1S/C17H19ClN2O2/c1-11(22)14-8-15(18)13-5-2-6-19-16(13)17(14)20-7-3-4-12(9-20)10-21/h2,5-6,8,12,21H,3-4,7,9-10H2,1H3. The second-order valence-electron chi connectivity index (χ2n) is 5.85. The van der Waals surface area contributed by atoms with Crippen molar-refractivity contribution in [1.82, 2.24) is 4.98 Å². The maximum atomic E-state index is 12.1. The van der Waals surface area contributed by atoms with Crippen molar-refractivity contribution in [2.24, 2.45) is 5.92 Å². The molecule has 2 aromatic rings. The highest BCUT2D eigenvalue weighted by atomic mass is 35.5. The van der Waals surface area contributed by atoms with E-state index < -0.39 is 0 Å². The Morgan fingerprint density at radius 2 is 2.36 bits per heavy atom. The average molecular weight is 319 g/mol. The average Bonchev–Trinajstić information content (AvgIpc) is 2.54. The Bertz CT molecular complexity index is 717. The van der Waals surface area contributed by atoms with Crippen molar-refractivity contribution in [3.63, 3.8) is 0 Å². The molecule has 22 heavy (non-hydrogen) atoms. The molecule has 0 spiro atoms. The third-order valence-electron chi connectivity index (χ3n) is 4.29. The van der Waals surface area contributed by atoms with Gasteiger partial charge in [-0.05, 0) is 43.9 Å². The van der Waals surface area contributed by atoms with Crippen LogP contribution in [0.1, 0.15) is 30.1 Å². The van der Waals surface area contributed by atoms with Gasteiger partial charge in [-0.1, -0.05) is 11.6 Å². The Morgan fingerprint density at radius 3 is 3.09 bits per heavy atom. The van der Waals surface area contributed by atoms with Crippen LogP contribution < -0.4 is 4.90 Å². The molecule has 1 atom stereocenters. The third kappa shape index (κ3) is 2.69. The molecule has 1 N–H and O–H groups in total. The lowest BCUT2D eigenvalue weighted by molar-refractivity contribution is 0.101. The molecule has 0 radical (unpaired) electrons. The van der Waals surface area contributed by atoms with Gasteiger partial charge >= 0.3 is 0 Å². The second kappa shape index (κ2) is 6.23. The number of benzene rings is 1. The number of pyridine rings is 1. The van der Waals surface area contributed by atoms with Crippen molar-refractivity contribution in [3.05, 3.63) is 35.0 Å². The van der Waals surface area contributed by atoms with Crippen LogP contribution >= 0.6 is 11.6 Å². The van der Waals surface area contributed by atoms with E-state index in [2.05, 4.69) is 9.88 Å². The number of ketones is 1. The highest BCUT2D eigenvalue weighted by Crippen LogP contribution is 2.36. The van der Waals surface area contributed by atoms with Crippen LogP contribution in [0.5, 0.6) is 0 Å². The first-order valence-electron chi connectivity index (χ1n) is 7.55. The summed E-state index contributed by atoms with van der Waals surface area (Å²) in [5, 5.41) is 10.9. The highest BCUT2D eigenvalue weighted by molar-refractivity contribution is 6.36. The van der Waals surface area contributed by atoms with Crippen molar-refractivity contribution in [2.75, 3.05) is 24.6 Å². The smallest absolute Gasteiger partial charge is 0.162 e. The molecule has 1 aromatic carbocycles. The Labute approximate surface area is 134 Å². The van der Waals surface area contributed by atoms with E-state index >= 15 is 0 Å². The molecule has 0 amide bonds. The van der Waals surface area contributed by atoms with Gasteiger partial charge in [0.1, 0.15) is 0 Å². The highest BCUT2D eigenvalue weighted by Gasteiger charge is 2.25. The SMILES string of the molecule is CC(=O)c1cc(Cl)c2cccnc2c1N1CCCC(CO)C1. The quantitative estimate of drug-likeness (QED) is 0.882. The number of hydrogen-bond acceptors (Lipinski definition) is 4. The van der Waals surface area contributed by atoms with Gasteiger partial charge in [-0.25, -0.2) is 0 Å². The van der Waals surface area contributed by atoms with Gasteiger partial charge < -0.3 is 10.0 Å². The zero-order valence-corrected chi connectivity index (χ0v) is 13.3. The van der Waals surface area contributed by atoms with Crippen LogP contribution in [-0.4, -0.2) is 35.6 Å². The Balaban J connectivity index is 2.19. The zero-order valence-electron chi connectivity index (χ0n) is 12.6. The molecule has 1 fully saturated rings. The summed E-state index contributed by atoms with van der Waals surface area (Å²) in [5.41, 5.74) is 2.22. The lowest BCUT2D eigenvalue weighted by atomic mass is 9.96. The molecule has 2 heterocycles. The van der Waals surface area contributed by atoms with Gasteiger partial charge in [0.2, 0.25) is 0 Å². The number of fused-ring (bicyclic) bond motifs is 1. The molecule has 1 aliphatic heterocycles. The van der Waals surface area contributed by atoms with Gasteiger partial charge in [-0.2, -0.15) is 0 Å². The predicted octanol–water partition coefficient (Wildman–Crippen LogP) is 3.30. The number of nitrogens with zero attached hydrogens (tertiary/aromatic N) is 2. The lowest BCUT2D eigenvalue weighted by Crippen LogP contribution is -2.37. The van der Waals surface area contributed by atoms with Crippen LogP contribution in [0.25, 0.3) is 10.9 Å². The van der Waals surface area contributed by atoms with E-state index in [0.717, 1.165) is 42.5 Å². The molecule has 116 valence electrons. The molecule has 0 saturated carbocycles. The number of hydrogen-bond donors (Lipinski definition) is 1. The fourth-order valence-electron chi connectivity index (χ4n) is 3.19. The summed E-state index contributed by atoms with van der Waals surface area (Å²) in [4.78, 5) is 18.7. The maximum absolute atomic E-state index is 12.1. The van der Waals surface area contributed by atoms with Crippen LogP contribution in [0.2, 0.25) is 5.02 Å². The van der Waals surface area contributed by atoms with E-state index in [1.54, 1.807) is 19.2 Å². The summed E-state index contributed by atoms with van der Waals surface area (Å²) in [7, 11) is 0. The van der Waals surface area contributed by atoms with Gasteiger partial charge in [0.15, 0.2) is 5.78 Å². The minimum atomic E-state index is -0.0180. The number of carbonyl (C=O) groups excluding carboxylic acids is 1. The van der Waals surface area contributed by atoms with Crippen LogP contribution in [0, 0.1) is 5.92 Å². The largest absolute Gasteiger partial charge is 0.396 e. The van der Waals surface area contributed by atoms with Crippen molar-refractivity contribution in [2.45, 2.75) is 19.8 Å². The van der Waals surface area contributed by atoms with Crippen molar-refractivity contribution in [3.8, 4) is 0 Å². The van der Waals surface area contributed by atoms with Crippen molar-refractivity contribution >= 4 is 34.0 Å². The number of Topliss-reactive ketones (excluding diaryl/α,β-unsaturated/α-hetero) is 1. The Kier molecular flexibility index (Phi) is 4.32. The fourth-order valence-corrected chi connectivity index (χ4v) is 3.45. The second-order valence-corrected chi connectivity index (χ2v) is 6.25. The summed E-state index contributed by atoms with van der Waals surface area (Å²) < 4.78 is 0. The minimum Gasteiger partial charge on any atom is -0.396 e. The molecule has 1 saturated heterocycles. The molecular formula is C17H19ClN2O2. The number of piperidine rings is 1. The van der Waals surface area contributed by atoms with Crippen molar-refractivity contribution in [1.29, 1.82) is 0 Å². The summed E-state index contributed by atoms with van der Waals surface area (Å²) in [6, 6.07) is 5.51. The summed E-state index contributed by atoms with van der Waals surface area (Å²) in [6.45, 7) is 3.33. The zero-order chi connectivity index (χ0) is 15.7. The first kappa shape index (κ1) is 15.3. The fraction of sp³-hybridized carbons (Fsp3) is 0.412. The van der Waals surface area contributed by atoms with Gasteiger partial charge in [0.05, 0.1) is 16.2 Å². The number of rotatable bonds is 3. The van der Waals surface area contributed by atoms with E-state index in [-0.39, 0.29) is 18.3 Å². The van der Waals surface area contributed by atoms with E-state index in [9.17, 15) is 9.90 Å². The molecule has 0 bridgehead atoms. The van der Waals surface area contributed by atoms with Gasteiger partial charge in [0.25, 0.3) is 0 Å². The first-order valence-corrected chi connectivity index (χ1v) is 7.93. The Hall–Kier alpha value is -1.65. The third-order valence-corrected chi connectivity index (χ3v) is 4.60. The normalized spacial score (nSPS) is 18.7. The van der Waals surface area contributed by atoms with E-state index in [4.69, 9.17) is 11.6 Å².